The molecule has 2 aromatic carbocycles. The summed E-state index contributed by atoms with van der Waals surface area (Å²) in [5.41, 5.74) is 2.26. The van der Waals surface area contributed by atoms with Gasteiger partial charge in [0.05, 0.1) is 34.0 Å². The van der Waals surface area contributed by atoms with E-state index < -0.39 is 18.0 Å². The largest absolute Gasteiger partial charge is 0.462 e. The fourth-order valence-electron chi connectivity index (χ4n) is 3.80. The fraction of sp³-hybridized carbons (Fsp3) is 0.346. The molecule has 0 unspecified atom stereocenters. The van der Waals surface area contributed by atoms with Crippen LogP contribution in [0.25, 0.3) is 0 Å². The Balaban J connectivity index is 1.88. The van der Waals surface area contributed by atoms with Crippen LogP contribution in [0.5, 0.6) is 0 Å². The monoisotopic (exact) mass is 532 g/mol. The zero-order valence-corrected chi connectivity index (χ0v) is 22.2. The first-order chi connectivity index (χ1) is 17.1. The first kappa shape index (κ1) is 27.4. The molecule has 0 fully saturated rings. The van der Waals surface area contributed by atoms with Crippen molar-refractivity contribution >= 4 is 52.6 Å². The molecule has 0 aliphatic carbocycles. The molecule has 1 aliphatic rings. The van der Waals surface area contributed by atoms with Crippen LogP contribution in [0.1, 0.15) is 45.7 Å². The Morgan fingerprint density at radius 2 is 1.78 bits per heavy atom. The quantitative estimate of drug-likeness (QED) is 0.334. The van der Waals surface area contributed by atoms with Crippen molar-refractivity contribution in [3.8, 4) is 0 Å². The third-order valence-electron chi connectivity index (χ3n) is 5.49. The van der Waals surface area contributed by atoms with Gasteiger partial charge in [0, 0.05) is 17.9 Å². The van der Waals surface area contributed by atoms with Gasteiger partial charge in [0.25, 0.3) is 0 Å². The Morgan fingerprint density at radius 1 is 1.11 bits per heavy atom. The predicted octanol–water partition coefficient (Wildman–Crippen LogP) is 6.59. The minimum absolute atomic E-state index is 0.163. The van der Waals surface area contributed by atoms with Gasteiger partial charge < -0.3 is 20.7 Å². The summed E-state index contributed by atoms with van der Waals surface area (Å²) >= 11 is 12.3. The minimum Gasteiger partial charge on any atom is -0.462 e. The van der Waals surface area contributed by atoms with E-state index in [4.69, 9.17) is 27.9 Å². The summed E-state index contributed by atoms with van der Waals surface area (Å²) in [5.74, 6) is -0.326. The van der Waals surface area contributed by atoms with Crippen molar-refractivity contribution in [1.29, 1.82) is 0 Å². The fourth-order valence-corrected chi connectivity index (χ4v) is 4.29. The average Bonchev–Trinajstić information content (AvgIpc) is 2.82. The lowest BCUT2D eigenvalue weighted by molar-refractivity contribution is -0.140. The maximum absolute atomic E-state index is 13.1. The number of rotatable bonds is 8. The third-order valence-corrected chi connectivity index (χ3v) is 6.12. The number of hydrogen-bond donors (Lipinski definition) is 3. The highest BCUT2D eigenvalue weighted by molar-refractivity contribution is 6.39. The number of nitrogens with one attached hydrogen (secondary N) is 3. The normalized spacial score (nSPS) is 15.6. The summed E-state index contributed by atoms with van der Waals surface area (Å²) in [5, 5.41) is 8.90. The van der Waals surface area contributed by atoms with Crippen molar-refractivity contribution in [2.45, 2.75) is 40.2 Å². The molecule has 0 saturated carbocycles. The van der Waals surface area contributed by atoms with Gasteiger partial charge in [-0.1, -0.05) is 62.2 Å². The molecule has 8 nitrogen and oxygen atoms in total. The number of anilines is 2. The van der Waals surface area contributed by atoms with E-state index in [1.807, 2.05) is 20.8 Å². The van der Waals surface area contributed by atoms with Gasteiger partial charge in [-0.05, 0) is 49.1 Å². The molecule has 0 radical (unpaired) electrons. The summed E-state index contributed by atoms with van der Waals surface area (Å²) in [6.07, 6.45) is 0.730. The molecule has 1 atom stereocenters. The number of hydrogen-bond acceptors (Lipinski definition) is 4. The summed E-state index contributed by atoms with van der Waals surface area (Å²) in [4.78, 5) is 40.1. The number of para-hydroxylation sites is 1. The lowest BCUT2D eigenvalue weighted by atomic mass is 9.94. The van der Waals surface area contributed by atoms with E-state index in [2.05, 4.69) is 16.0 Å². The maximum atomic E-state index is 13.1. The SMILES string of the molecule is CCCN1C(=O)N[C@@H](c2cccc(NC(=O)Nc3c(Cl)cccc3Cl)c2)C(C(=O)OCC(C)C)=C1C. The summed E-state index contributed by atoms with van der Waals surface area (Å²) in [7, 11) is 0. The second-order valence-electron chi connectivity index (χ2n) is 8.83. The molecule has 1 aliphatic heterocycles. The van der Waals surface area contributed by atoms with E-state index in [1.54, 1.807) is 54.3 Å². The van der Waals surface area contributed by atoms with Gasteiger partial charge in [-0.25, -0.2) is 14.4 Å². The number of nitrogens with zero attached hydrogens (tertiary/aromatic N) is 1. The third kappa shape index (κ3) is 6.50. The number of benzene rings is 2. The van der Waals surface area contributed by atoms with Crippen LogP contribution in [0.4, 0.5) is 21.0 Å². The highest BCUT2D eigenvalue weighted by Gasteiger charge is 2.36. The number of esters is 1. The summed E-state index contributed by atoms with van der Waals surface area (Å²) in [6.45, 7) is 8.34. The van der Waals surface area contributed by atoms with Crippen molar-refractivity contribution in [1.82, 2.24) is 10.2 Å². The molecule has 0 bridgehead atoms. The van der Waals surface area contributed by atoms with Gasteiger partial charge in [-0.3, -0.25) is 4.90 Å². The highest BCUT2D eigenvalue weighted by Crippen LogP contribution is 2.33. The van der Waals surface area contributed by atoms with E-state index in [0.717, 1.165) is 6.42 Å². The van der Waals surface area contributed by atoms with Crippen molar-refractivity contribution in [2.75, 3.05) is 23.8 Å². The Morgan fingerprint density at radius 3 is 2.42 bits per heavy atom. The van der Waals surface area contributed by atoms with E-state index in [0.29, 0.717) is 44.8 Å². The standard InChI is InChI=1S/C26H30Cl2N4O4/c1-5-12-32-16(4)21(24(33)36-14-15(2)3)22(31-26(32)35)17-8-6-9-18(13-17)29-25(34)30-23-19(27)10-7-11-20(23)28/h6-11,13,15,22H,5,12,14H2,1-4H3,(H,31,35)(H2,29,30,34)/t22-/m0/s1. The number of amides is 4. The average molecular weight is 533 g/mol. The van der Waals surface area contributed by atoms with Gasteiger partial charge in [-0.2, -0.15) is 0 Å². The molecule has 0 saturated heterocycles. The summed E-state index contributed by atoms with van der Waals surface area (Å²) in [6, 6.07) is 10.2. The van der Waals surface area contributed by atoms with Gasteiger partial charge in [0.15, 0.2) is 0 Å². The Labute approximate surface area is 221 Å². The molecule has 36 heavy (non-hydrogen) atoms. The molecule has 0 aromatic heterocycles. The van der Waals surface area contributed by atoms with E-state index >= 15 is 0 Å². The van der Waals surface area contributed by atoms with Gasteiger partial charge in [-0.15, -0.1) is 0 Å². The molecule has 2 aromatic rings. The van der Waals surface area contributed by atoms with Gasteiger partial charge in [0.2, 0.25) is 0 Å². The van der Waals surface area contributed by atoms with Crippen molar-refractivity contribution < 1.29 is 19.1 Å². The zero-order chi connectivity index (χ0) is 26.4. The van der Waals surface area contributed by atoms with Crippen LogP contribution in [-0.2, 0) is 9.53 Å². The number of ether oxygens (including phenoxy) is 1. The van der Waals surface area contributed by atoms with Crippen molar-refractivity contribution in [3.05, 3.63) is 69.3 Å². The number of halogens is 2. The molecule has 0 spiro atoms. The van der Waals surface area contributed by atoms with Crippen molar-refractivity contribution in [2.24, 2.45) is 5.92 Å². The maximum Gasteiger partial charge on any atom is 0.338 e. The first-order valence-corrected chi connectivity index (χ1v) is 12.5. The van der Waals surface area contributed by atoms with Crippen molar-refractivity contribution in [3.63, 3.8) is 0 Å². The molecule has 3 rings (SSSR count). The van der Waals surface area contributed by atoms with Crippen LogP contribution in [-0.4, -0.2) is 36.1 Å². The van der Waals surface area contributed by atoms with E-state index in [9.17, 15) is 14.4 Å². The first-order valence-electron chi connectivity index (χ1n) is 11.7. The van der Waals surface area contributed by atoms with Crippen LogP contribution in [0.15, 0.2) is 53.7 Å². The molecular formula is C26H30Cl2N4O4. The van der Waals surface area contributed by atoms with Gasteiger partial charge in [0.1, 0.15) is 0 Å². The lowest BCUT2D eigenvalue weighted by Crippen LogP contribution is -2.48. The van der Waals surface area contributed by atoms with Crippen LogP contribution in [0.3, 0.4) is 0 Å². The number of allylic oxidation sites excluding steroid dienone is 1. The Kier molecular flexibility index (Phi) is 9.23. The van der Waals surface area contributed by atoms with E-state index in [1.165, 1.54) is 0 Å². The molecule has 10 heteroatoms. The smallest absolute Gasteiger partial charge is 0.338 e. The molecule has 1 heterocycles. The van der Waals surface area contributed by atoms with Crippen LogP contribution < -0.4 is 16.0 Å². The Bertz CT molecular complexity index is 1160. The number of carbonyl (C=O) groups is 3. The molecule has 3 N–H and O–H groups in total. The minimum atomic E-state index is -0.743. The lowest BCUT2D eigenvalue weighted by Gasteiger charge is -2.35. The topological polar surface area (TPSA) is 99.8 Å². The summed E-state index contributed by atoms with van der Waals surface area (Å²) < 4.78 is 5.53. The zero-order valence-electron chi connectivity index (χ0n) is 20.7. The van der Waals surface area contributed by atoms with E-state index in [-0.39, 0.29) is 18.6 Å². The second kappa shape index (κ2) is 12.1. The van der Waals surface area contributed by atoms with Crippen LogP contribution in [0, 0.1) is 5.92 Å². The molecule has 4 amide bonds. The second-order valence-corrected chi connectivity index (χ2v) is 9.64. The van der Waals surface area contributed by atoms with Crippen LogP contribution >= 0.6 is 23.2 Å². The molecule has 192 valence electrons. The Hall–Kier alpha value is -3.23. The van der Waals surface area contributed by atoms with Gasteiger partial charge >= 0.3 is 18.0 Å². The molecular weight excluding hydrogens is 503 g/mol. The number of urea groups is 2. The number of carbonyl (C=O) groups excluding carboxylic acids is 3. The van der Waals surface area contributed by atoms with Crippen LogP contribution in [0.2, 0.25) is 10.0 Å². The highest BCUT2D eigenvalue weighted by atomic mass is 35.5. The predicted molar refractivity (Wildman–Crippen MR) is 142 cm³/mol.